The summed E-state index contributed by atoms with van der Waals surface area (Å²) in [5.74, 6) is -0.737. The molecule has 1 N–H and O–H groups in total. The zero-order valence-corrected chi connectivity index (χ0v) is 23.2. The molecule has 8 nitrogen and oxygen atoms in total. The van der Waals surface area contributed by atoms with Crippen LogP contribution in [0.4, 0.5) is 16.2 Å². The fourth-order valence-electron chi connectivity index (χ4n) is 3.99. The highest BCUT2D eigenvalue weighted by atomic mass is 32.2. The number of thiocarbonyl (C=S) groups is 1. The number of carbonyl (C=O) groups is 3. The topological polar surface area (TPSA) is 94.2 Å². The number of rotatable bonds is 4. The molecule has 0 unspecified atom stereocenters. The number of anilines is 2. The molecule has 37 heavy (non-hydrogen) atoms. The molecule has 2 heterocycles. The molecule has 0 radical (unpaired) electrons. The standard InChI is InChI=1S/C26H24N2O6S3/c1-26(2)21(35)18(24-36-19(22(29)33-4)20(37-24)23(30)34-5)16-13-15(32-3)11-12-17(16)28(26)25(31)27-14-9-7-6-8-10-14/h6-13H,1-5H3,(H,27,31). The third-order valence-electron chi connectivity index (χ3n) is 5.83. The Kier molecular flexibility index (Phi) is 7.67. The van der Waals surface area contributed by atoms with Crippen LogP contribution in [0.25, 0.3) is 5.57 Å². The summed E-state index contributed by atoms with van der Waals surface area (Å²) in [5.41, 5.74) is 1.57. The van der Waals surface area contributed by atoms with Crippen LogP contribution in [0.3, 0.4) is 0 Å². The third-order valence-corrected chi connectivity index (χ3v) is 9.09. The quantitative estimate of drug-likeness (QED) is 0.293. The van der Waals surface area contributed by atoms with Crippen molar-refractivity contribution in [2.75, 3.05) is 31.5 Å². The van der Waals surface area contributed by atoms with E-state index in [1.807, 2.05) is 32.0 Å². The maximum Gasteiger partial charge on any atom is 0.346 e. The lowest BCUT2D eigenvalue weighted by molar-refractivity contribution is -0.138. The molecule has 0 saturated heterocycles. The van der Waals surface area contributed by atoms with Gasteiger partial charge in [0.25, 0.3) is 0 Å². The Labute approximate surface area is 228 Å². The summed E-state index contributed by atoms with van der Waals surface area (Å²) < 4.78 is 15.9. The smallest absolute Gasteiger partial charge is 0.346 e. The molecular weight excluding hydrogens is 532 g/mol. The highest BCUT2D eigenvalue weighted by molar-refractivity contribution is 8.29. The molecular formula is C26H24N2O6S3. The number of methoxy groups -OCH3 is 3. The summed E-state index contributed by atoms with van der Waals surface area (Å²) in [5, 5.41) is 2.94. The molecule has 2 aliphatic heterocycles. The summed E-state index contributed by atoms with van der Waals surface area (Å²) >= 11 is 8.17. The van der Waals surface area contributed by atoms with Crippen LogP contribution in [-0.4, -0.2) is 49.7 Å². The minimum atomic E-state index is -0.946. The maximum absolute atomic E-state index is 13.6. The second-order valence-corrected chi connectivity index (χ2v) is 11.1. The number of hydrogen-bond acceptors (Lipinski definition) is 9. The van der Waals surface area contributed by atoms with E-state index in [0.717, 1.165) is 23.5 Å². The molecule has 0 fully saturated rings. The van der Waals surface area contributed by atoms with E-state index < -0.39 is 17.5 Å². The summed E-state index contributed by atoms with van der Waals surface area (Å²) in [6, 6.07) is 14.1. The van der Waals surface area contributed by atoms with E-state index in [2.05, 4.69) is 5.32 Å². The second kappa shape index (κ2) is 10.6. The molecule has 4 rings (SSSR count). The van der Waals surface area contributed by atoms with E-state index in [-0.39, 0.29) is 15.8 Å². The van der Waals surface area contributed by atoms with Gasteiger partial charge in [0.1, 0.15) is 15.6 Å². The highest BCUT2D eigenvalue weighted by Crippen LogP contribution is 2.56. The number of carbonyl (C=O) groups excluding carboxylic acids is 3. The van der Waals surface area contributed by atoms with Crippen molar-refractivity contribution < 1.29 is 28.6 Å². The average Bonchev–Trinajstić information content (AvgIpc) is 3.33. The van der Waals surface area contributed by atoms with Crippen molar-refractivity contribution in [3.63, 3.8) is 0 Å². The molecule has 0 atom stereocenters. The Morgan fingerprint density at radius 1 is 0.919 bits per heavy atom. The lowest BCUT2D eigenvalue weighted by Gasteiger charge is -2.45. The number of para-hydroxylation sites is 1. The predicted octanol–water partition coefficient (Wildman–Crippen LogP) is 5.60. The second-order valence-electron chi connectivity index (χ2n) is 8.41. The molecule has 2 aliphatic rings. The fraction of sp³-hybridized carbons (Fsp3) is 0.231. The Morgan fingerprint density at radius 3 is 2.05 bits per heavy atom. The van der Waals surface area contributed by atoms with Gasteiger partial charge in [-0.25, -0.2) is 14.4 Å². The molecule has 0 bridgehead atoms. The van der Waals surface area contributed by atoms with Crippen LogP contribution in [0.1, 0.15) is 19.4 Å². The van der Waals surface area contributed by atoms with E-state index in [1.54, 1.807) is 42.3 Å². The van der Waals surface area contributed by atoms with E-state index in [1.165, 1.54) is 14.2 Å². The number of urea groups is 1. The Bertz CT molecular complexity index is 1340. The number of nitrogens with one attached hydrogen (secondary N) is 1. The molecule has 0 saturated carbocycles. The van der Waals surface area contributed by atoms with Crippen LogP contribution in [0.15, 0.2) is 62.6 Å². The van der Waals surface area contributed by atoms with Crippen LogP contribution in [0, 0.1) is 0 Å². The van der Waals surface area contributed by atoms with Gasteiger partial charge in [-0.1, -0.05) is 53.9 Å². The molecule has 0 aromatic heterocycles. The highest BCUT2D eigenvalue weighted by Gasteiger charge is 2.46. The van der Waals surface area contributed by atoms with Crippen LogP contribution in [0.2, 0.25) is 0 Å². The summed E-state index contributed by atoms with van der Waals surface area (Å²) in [4.78, 5) is 40.9. The lowest BCUT2D eigenvalue weighted by Crippen LogP contribution is -2.57. The maximum atomic E-state index is 13.6. The number of fused-ring (bicyclic) bond motifs is 1. The van der Waals surface area contributed by atoms with Gasteiger partial charge in [-0.3, -0.25) is 4.90 Å². The fourth-order valence-corrected chi connectivity index (χ4v) is 7.02. The molecule has 0 aliphatic carbocycles. The van der Waals surface area contributed by atoms with Crippen molar-refractivity contribution in [2.24, 2.45) is 0 Å². The van der Waals surface area contributed by atoms with E-state index in [4.69, 9.17) is 26.4 Å². The van der Waals surface area contributed by atoms with Crippen LogP contribution in [-0.2, 0) is 19.1 Å². The van der Waals surface area contributed by atoms with Crippen molar-refractivity contribution >= 4 is 75.5 Å². The Hall–Kier alpha value is -3.28. The Balaban J connectivity index is 1.88. The third kappa shape index (κ3) is 4.86. The van der Waals surface area contributed by atoms with Crippen molar-refractivity contribution in [2.45, 2.75) is 19.4 Å². The zero-order valence-electron chi connectivity index (χ0n) is 20.7. The first-order chi connectivity index (χ1) is 17.6. The largest absolute Gasteiger partial charge is 0.497 e. The summed E-state index contributed by atoms with van der Waals surface area (Å²) in [7, 11) is 4.04. The van der Waals surface area contributed by atoms with Gasteiger partial charge < -0.3 is 19.5 Å². The predicted molar refractivity (Wildman–Crippen MR) is 151 cm³/mol. The first-order valence-corrected chi connectivity index (χ1v) is 13.1. The first kappa shape index (κ1) is 26.8. The number of esters is 2. The molecule has 192 valence electrons. The molecule has 2 aromatic rings. The van der Waals surface area contributed by atoms with Gasteiger partial charge in [0.2, 0.25) is 0 Å². The van der Waals surface area contributed by atoms with E-state index in [9.17, 15) is 14.4 Å². The molecule has 11 heteroatoms. The number of hydrogen-bond donors (Lipinski definition) is 1. The van der Waals surface area contributed by atoms with Gasteiger partial charge in [-0.2, -0.15) is 0 Å². The molecule has 2 aromatic carbocycles. The van der Waals surface area contributed by atoms with Crippen LogP contribution < -0.4 is 15.0 Å². The number of benzene rings is 2. The summed E-state index contributed by atoms with van der Waals surface area (Å²) in [6.45, 7) is 3.71. The Morgan fingerprint density at radius 2 is 1.51 bits per heavy atom. The van der Waals surface area contributed by atoms with Crippen molar-refractivity contribution in [1.29, 1.82) is 0 Å². The minimum absolute atomic E-state index is 0.121. The lowest BCUT2D eigenvalue weighted by atomic mass is 9.83. The molecule has 2 amide bonds. The van der Waals surface area contributed by atoms with Gasteiger partial charge in [0.05, 0.1) is 41.7 Å². The van der Waals surface area contributed by atoms with Crippen molar-refractivity contribution in [3.8, 4) is 5.75 Å². The van der Waals surface area contributed by atoms with Crippen LogP contribution in [0.5, 0.6) is 5.75 Å². The first-order valence-electron chi connectivity index (χ1n) is 11.0. The normalized spacial score (nSPS) is 16.4. The van der Waals surface area contributed by atoms with Crippen LogP contribution >= 0.6 is 35.7 Å². The SMILES string of the molecule is COC(=O)C1=C(C(=O)OC)SC(=C2C(=S)C(C)(C)N(C(=O)Nc3ccccc3)c3ccc(OC)cc32)S1. The number of nitrogens with zero attached hydrogens (tertiary/aromatic N) is 1. The van der Waals surface area contributed by atoms with Gasteiger partial charge in [-0.15, -0.1) is 0 Å². The monoisotopic (exact) mass is 556 g/mol. The van der Waals surface area contributed by atoms with E-state index >= 15 is 0 Å². The van der Waals surface area contributed by atoms with Crippen molar-refractivity contribution in [1.82, 2.24) is 0 Å². The van der Waals surface area contributed by atoms with Crippen molar-refractivity contribution in [3.05, 3.63) is 68.1 Å². The van der Waals surface area contributed by atoms with E-state index in [0.29, 0.717) is 37.4 Å². The number of ether oxygens (including phenoxy) is 3. The summed E-state index contributed by atoms with van der Waals surface area (Å²) in [6.07, 6.45) is 0. The minimum Gasteiger partial charge on any atom is -0.497 e. The van der Waals surface area contributed by atoms with Gasteiger partial charge in [0, 0.05) is 16.8 Å². The number of thioether (sulfide) groups is 2. The zero-order chi connectivity index (χ0) is 26.9. The average molecular weight is 557 g/mol. The molecule has 0 spiro atoms. The van der Waals surface area contributed by atoms with Gasteiger partial charge >= 0.3 is 18.0 Å². The van der Waals surface area contributed by atoms with Gasteiger partial charge in [0.15, 0.2) is 0 Å². The van der Waals surface area contributed by atoms with Gasteiger partial charge in [-0.05, 0) is 44.2 Å². The number of amides is 2.